The van der Waals surface area contributed by atoms with Crippen molar-refractivity contribution in [2.75, 3.05) is 0 Å². The minimum absolute atomic E-state index is 0.0719. The first kappa shape index (κ1) is 15.6. The SMILES string of the molecule is CC(NC(=O)c1ccc2c(Cl)cnc(Cl)c2c1)C1CCCC1. The molecular weight excluding hydrogens is 319 g/mol. The predicted octanol–water partition coefficient (Wildman–Crippen LogP) is 4.85. The molecule has 1 aromatic heterocycles. The topological polar surface area (TPSA) is 42.0 Å². The highest BCUT2D eigenvalue weighted by Gasteiger charge is 2.23. The molecule has 0 saturated heterocycles. The van der Waals surface area contributed by atoms with Crippen LogP contribution in [0.1, 0.15) is 43.0 Å². The zero-order chi connectivity index (χ0) is 15.7. The van der Waals surface area contributed by atoms with E-state index in [2.05, 4.69) is 17.2 Å². The van der Waals surface area contributed by atoms with Gasteiger partial charge in [0.1, 0.15) is 5.15 Å². The molecule has 1 heterocycles. The molecule has 1 aliphatic rings. The normalized spacial score (nSPS) is 16.9. The molecule has 1 saturated carbocycles. The van der Waals surface area contributed by atoms with Crippen LogP contribution in [0.25, 0.3) is 10.8 Å². The quantitative estimate of drug-likeness (QED) is 0.814. The fourth-order valence-corrected chi connectivity index (χ4v) is 3.60. The fraction of sp³-hybridized carbons (Fsp3) is 0.412. The number of carbonyl (C=O) groups is 1. The largest absolute Gasteiger partial charge is 0.349 e. The van der Waals surface area contributed by atoms with E-state index >= 15 is 0 Å². The second kappa shape index (κ2) is 6.43. The Balaban J connectivity index is 1.83. The van der Waals surface area contributed by atoms with Crippen LogP contribution in [0, 0.1) is 5.92 Å². The minimum atomic E-state index is -0.0719. The Hall–Kier alpha value is -1.32. The maximum Gasteiger partial charge on any atom is 0.251 e. The summed E-state index contributed by atoms with van der Waals surface area (Å²) in [6.45, 7) is 2.08. The second-order valence-corrected chi connectivity index (χ2v) is 6.73. The third kappa shape index (κ3) is 3.06. The summed E-state index contributed by atoms with van der Waals surface area (Å²) in [5.74, 6) is 0.515. The molecule has 2 aromatic rings. The molecule has 1 aliphatic carbocycles. The van der Waals surface area contributed by atoms with Crippen LogP contribution >= 0.6 is 23.2 Å². The van der Waals surface area contributed by atoms with Crippen molar-refractivity contribution in [2.24, 2.45) is 5.92 Å². The number of hydrogen-bond acceptors (Lipinski definition) is 2. The Kier molecular flexibility index (Phi) is 4.55. The molecule has 0 radical (unpaired) electrons. The summed E-state index contributed by atoms with van der Waals surface area (Å²) in [5, 5.41) is 5.51. The maximum absolute atomic E-state index is 12.4. The van der Waals surface area contributed by atoms with Gasteiger partial charge in [-0.15, -0.1) is 0 Å². The molecule has 1 amide bonds. The smallest absolute Gasteiger partial charge is 0.251 e. The molecule has 3 nitrogen and oxygen atoms in total. The van der Waals surface area contributed by atoms with E-state index in [9.17, 15) is 4.79 Å². The summed E-state index contributed by atoms with van der Waals surface area (Å²) >= 11 is 12.2. The number of rotatable bonds is 3. The number of halogens is 2. The molecular formula is C17H18Cl2N2O. The van der Waals surface area contributed by atoms with Gasteiger partial charge in [-0.25, -0.2) is 4.98 Å². The Morgan fingerprint density at radius 2 is 2.00 bits per heavy atom. The number of benzene rings is 1. The Morgan fingerprint density at radius 1 is 1.27 bits per heavy atom. The maximum atomic E-state index is 12.4. The van der Waals surface area contributed by atoms with Gasteiger partial charge < -0.3 is 5.32 Å². The van der Waals surface area contributed by atoms with Crippen LogP contribution in [0.15, 0.2) is 24.4 Å². The van der Waals surface area contributed by atoms with Crippen LogP contribution in [0.5, 0.6) is 0 Å². The van der Waals surface area contributed by atoms with Crippen molar-refractivity contribution in [1.82, 2.24) is 10.3 Å². The monoisotopic (exact) mass is 336 g/mol. The van der Waals surface area contributed by atoms with Crippen molar-refractivity contribution >= 4 is 39.9 Å². The summed E-state index contributed by atoms with van der Waals surface area (Å²) in [5.41, 5.74) is 0.586. The zero-order valence-corrected chi connectivity index (χ0v) is 13.9. The molecule has 0 spiro atoms. The van der Waals surface area contributed by atoms with E-state index in [0.29, 0.717) is 27.0 Å². The Bertz CT molecular complexity index is 711. The number of amides is 1. The average molecular weight is 337 g/mol. The molecule has 22 heavy (non-hydrogen) atoms. The minimum Gasteiger partial charge on any atom is -0.349 e. The lowest BCUT2D eigenvalue weighted by Gasteiger charge is -2.20. The average Bonchev–Trinajstić information content (AvgIpc) is 3.05. The molecule has 1 aromatic carbocycles. The van der Waals surface area contributed by atoms with Gasteiger partial charge >= 0.3 is 0 Å². The van der Waals surface area contributed by atoms with Crippen LogP contribution in [-0.2, 0) is 0 Å². The molecule has 0 aliphatic heterocycles. The van der Waals surface area contributed by atoms with E-state index in [1.54, 1.807) is 12.1 Å². The van der Waals surface area contributed by atoms with Gasteiger partial charge in [-0.1, -0.05) is 42.1 Å². The summed E-state index contributed by atoms with van der Waals surface area (Å²) in [7, 11) is 0. The summed E-state index contributed by atoms with van der Waals surface area (Å²) in [4.78, 5) is 16.5. The van der Waals surface area contributed by atoms with E-state index in [-0.39, 0.29) is 11.9 Å². The van der Waals surface area contributed by atoms with Crippen molar-refractivity contribution in [3.8, 4) is 0 Å². The Labute approximate surface area is 140 Å². The van der Waals surface area contributed by atoms with Crippen molar-refractivity contribution in [1.29, 1.82) is 0 Å². The van der Waals surface area contributed by atoms with Gasteiger partial charge in [-0.3, -0.25) is 4.79 Å². The Morgan fingerprint density at radius 3 is 2.73 bits per heavy atom. The van der Waals surface area contributed by atoms with Gasteiger partial charge in [-0.05, 0) is 37.8 Å². The lowest BCUT2D eigenvalue weighted by Crippen LogP contribution is -2.37. The van der Waals surface area contributed by atoms with E-state index < -0.39 is 0 Å². The lowest BCUT2D eigenvalue weighted by molar-refractivity contribution is 0.0927. The standard InChI is InChI=1S/C17H18Cl2N2O/c1-10(11-4-2-3-5-11)21-17(22)12-6-7-13-14(8-12)16(19)20-9-15(13)18/h6-11H,2-5H2,1H3,(H,21,22). The molecule has 1 fully saturated rings. The third-order valence-electron chi connectivity index (χ3n) is 4.52. The van der Waals surface area contributed by atoms with Crippen LogP contribution in [0.4, 0.5) is 0 Å². The van der Waals surface area contributed by atoms with E-state index in [1.807, 2.05) is 6.07 Å². The van der Waals surface area contributed by atoms with Crippen LogP contribution in [-0.4, -0.2) is 16.9 Å². The van der Waals surface area contributed by atoms with Crippen molar-refractivity contribution < 1.29 is 4.79 Å². The van der Waals surface area contributed by atoms with Gasteiger partial charge in [0.05, 0.1) is 5.02 Å². The fourth-order valence-electron chi connectivity index (χ4n) is 3.18. The molecule has 0 bridgehead atoms. The third-order valence-corrected chi connectivity index (χ3v) is 5.12. The van der Waals surface area contributed by atoms with Crippen LogP contribution < -0.4 is 5.32 Å². The first-order valence-electron chi connectivity index (χ1n) is 7.61. The van der Waals surface area contributed by atoms with Crippen molar-refractivity contribution in [3.05, 3.63) is 40.1 Å². The highest BCUT2D eigenvalue weighted by molar-refractivity contribution is 6.39. The molecule has 5 heteroatoms. The first-order valence-corrected chi connectivity index (χ1v) is 8.36. The van der Waals surface area contributed by atoms with Crippen LogP contribution in [0.3, 0.4) is 0 Å². The number of hydrogen-bond donors (Lipinski definition) is 1. The highest BCUT2D eigenvalue weighted by Crippen LogP contribution is 2.29. The molecule has 1 atom stereocenters. The van der Waals surface area contributed by atoms with Gasteiger partial charge in [-0.2, -0.15) is 0 Å². The predicted molar refractivity (Wildman–Crippen MR) is 90.6 cm³/mol. The van der Waals surface area contributed by atoms with Gasteiger partial charge in [0.25, 0.3) is 5.91 Å². The number of aromatic nitrogens is 1. The molecule has 1 unspecified atom stereocenters. The van der Waals surface area contributed by atoms with E-state index in [1.165, 1.54) is 31.9 Å². The van der Waals surface area contributed by atoms with E-state index in [4.69, 9.17) is 23.2 Å². The first-order chi connectivity index (χ1) is 10.6. The summed E-state index contributed by atoms with van der Waals surface area (Å²) in [6, 6.07) is 5.55. The number of pyridine rings is 1. The second-order valence-electron chi connectivity index (χ2n) is 5.96. The summed E-state index contributed by atoms with van der Waals surface area (Å²) < 4.78 is 0. The lowest BCUT2D eigenvalue weighted by atomic mass is 9.99. The number of nitrogens with zero attached hydrogens (tertiary/aromatic N) is 1. The van der Waals surface area contributed by atoms with Gasteiger partial charge in [0, 0.05) is 28.6 Å². The molecule has 3 rings (SSSR count). The van der Waals surface area contributed by atoms with E-state index in [0.717, 1.165) is 5.39 Å². The van der Waals surface area contributed by atoms with Crippen molar-refractivity contribution in [3.63, 3.8) is 0 Å². The van der Waals surface area contributed by atoms with Gasteiger partial charge in [0.2, 0.25) is 0 Å². The number of carbonyl (C=O) groups excluding carboxylic acids is 1. The number of nitrogens with one attached hydrogen (secondary N) is 1. The molecule has 116 valence electrons. The van der Waals surface area contributed by atoms with Gasteiger partial charge in [0.15, 0.2) is 0 Å². The summed E-state index contributed by atoms with van der Waals surface area (Å²) in [6.07, 6.45) is 6.45. The zero-order valence-electron chi connectivity index (χ0n) is 12.4. The van der Waals surface area contributed by atoms with Crippen molar-refractivity contribution in [2.45, 2.75) is 38.6 Å². The molecule has 1 N–H and O–H groups in total. The highest BCUT2D eigenvalue weighted by atomic mass is 35.5. The number of fused-ring (bicyclic) bond motifs is 1. The van der Waals surface area contributed by atoms with Crippen LogP contribution in [0.2, 0.25) is 10.2 Å².